The van der Waals surface area contributed by atoms with Crippen LogP contribution in [0, 0.1) is 0 Å². The molecule has 0 aliphatic rings. The summed E-state index contributed by atoms with van der Waals surface area (Å²) < 4.78 is 1.05. The Hall–Kier alpha value is -1.41. The molecule has 0 N–H and O–H groups in total. The van der Waals surface area contributed by atoms with E-state index in [0.29, 0.717) is 6.42 Å². The van der Waals surface area contributed by atoms with E-state index in [1.807, 2.05) is 36.4 Å². The van der Waals surface area contributed by atoms with Gasteiger partial charge in [0.05, 0.1) is 0 Å². The molecule has 0 bridgehead atoms. The standard InChI is InChI=1S/C14H11BrO/c1-2-3-14(16)12-5-4-11-9-13(15)7-6-10(11)8-12/h2,4-9H,1,3H2. The van der Waals surface area contributed by atoms with Gasteiger partial charge in [0.1, 0.15) is 0 Å². The maximum atomic E-state index is 11.7. The molecular weight excluding hydrogens is 264 g/mol. The van der Waals surface area contributed by atoms with E-state index in [1.165, 1.54) is 0 Å². The van der Waals surface area contributed by atoms with Crippen LogP contribution in [0.1, 0.15) is 16.8 Å². The molecule has 0 heterocycles. The third-order valence-corrected chi connectivity index (χ3v) is 2.95. The molecule has 2 aromatic rings. The second-order valence-electron chi connectivity index (χ2n) is 3.62. The zero-order valence-electron chi connectivity index (χ0n) is 8.74. The van der Waals surface area contributed by atoms with Crippen molar-refractivity contribution in [2.75, 3.05) is 0 Å². The molecule has 0 unspecified atom stereocenters. The Kier molecular flexibility index (Phi) is 3.20. The van der Waals surface area contributed by atoms with Gasteiger partial charge in [-0.2, -0.15) is 0 Å². The first kappa shape index (κ1) is 11.1. The summed E-state index contributed by atoms with van der Waals surface area (Å²) in [5, 5.41) is 2.21. The van der Waals surface area contributed by atoms with Crippen LogP contribution in [0.5, 0.6) is 0 Å². The Morgan fingerprint density at radius 1 is 1.19 bits per heavy atom. The van der Waals surface area contributed by atoms with E-state index in [1.54, 1.807) is 6.08 Å². The summed E-state index contributed by atoms with van der Waals surface area (Å²) in [5.74, 6) is 0.111. The quantitative estimate of drug-likeness (QED) is 0.600. The number of fused-ring (bicyclic) bond motifs is 1. The van der Waals surface area contributed by atoms with Crippen molar-refractivity contribution in [3.8, 4) is 0 Å². The number of Topliss-reactive ketones (excluding diaryl/α,β-unsaturated/α-hetero) is 1. The van der Waals surface area contributed by atoms with Gasteiger partial charge in [-0.25, -0.2) is 0 Å². The van der Waals surface area contributed by atoms with E-state index in [-0.39, 0.29) is 5.78 Å². The number of hydrogen-bond acceptors (Lipinski definition) is 1. The molecule has 1 nitrogen and oxygen atoms in total. The minimum absolute atomic E-state index is 0.111. The van der Waals surface area contributed by atoms with Crippen molar-refractivity contribution in [3.63, 3.8) is 0 Å². The van der Waals surface area contributed by atoms with E-state index < -0.39 is 0 Å². The van der Waals surface area contributed by atoms with Crippen molar-refractivity contribution >= 4 is 32.5 Å². The molecule has 16 heavy (non-hydrogen) atoms. The highest BCUT2D eigenvalue weighted by molar-refractivity contribution is 9.10. The lowest BCUT2D eigenvalue weighted by atomic mass is 10.0. The van der Waals surface area contributed by atoms with Gasteiger partial charge in [-0.1, -0.05) is 40.2 Å². The maximum absolute atomic E-state index is 11.7. The minimum Gasteiger partial charge on any atom is -0.294 e. The van der Waals surface area contributed by atoms with Gasteiger partial charge in [0, 0.05) is 16.5 Å². The maximum Gasteiger partial charge on any atom is 0.166 e. The van der Waals surface area contributed by atoms with Crippen molar-refractivity contribution in [2.45, 2.75) is 6.42 Å². The second-order valence-corrected chi connectivity index (χ2v) is 4.54. The number of carbonyl (C=O) groups is 1. The first-order valence-electron chi connectivity index (χ1n) is 5.04. The van der Waals surface area contributed by atoms with Crippen molar-refractivity contribution in [1.82, 2.24) is 0 Å². The molecule has 0 aliphatic heterocycles. The fraction of sp³-hybridized carbons (Fsp3) is 0.0714. The number of carbonyl (C=O) groups excluding carboxylic acids is 1. The summed E-state index contributed by atoms with van der Waals surface area (Å²) in [7, 11) is 0. The van der Waals surface area contributed by atoms with Crippen LogP contribution in [0.4, 0.5) is 0 Å². The Balaban J connectivity index is 2.48. The second kappa shape index (κ2) is 4.62. The van der Waals surface area contributed by atoms with Crippen molar-refractivity contribution in [2.24, 2.45) is 0 Å². The third kappa shape index (κ3) is 2.22. The van der Waals surface area contributed by atoms with Crippen molar-refractivity contribution in [3.05, 3.63) is 59.1 Å². The molecular formula is C14H11BrO. The number of allylic oxidation sites excluding steroid dienone is 1. The summed E-state index contributed by atoms with van der Waals surface area (Å²) >= 11 is 3.42. The smallest absolute Gasteiger partial charge is 0.166 e. The summed E-state index contributed by atoms with van der Waals surface area (Å²) in [4.78, 5) is 11.7. The molecule has 0 fully saturated rings. The summed E-state index contributed by atoms with van der Waals surface area (Å²) in [6.45, 7) is 3.57. The molecule has 0 saturated carbocycles. The Morgan fingerprint density at radius 3 is 2.62 bits per heavy atom. The van der Waals surface area contributed by atoms with Gasteiger partial charge in [-0.15, -0.1) is 6.58 Å². The molecule has 2 heteroatoms. The largest absolute Gasteiger partial charge is 0.294 e. The van der Waals surface area contributed by atoms with E-state index in [4.69, 9.17) is 0 Å². The lowest BCUT2D eigenvalue weighted by Crippen LogP contribution is -1.96. The number of halogens is 1. The average molecular weight is 275 g/mol. The highest BCUT2D eigenvalue weighted by atomic mass is 79.9. The van der Waals surface area contributed by atoms with Crippen LogP contribution < -0.4 is 0 Å². The lowest BCUT2D eigenvalue weighted by Gasteiger charge is -2.02. The van der Waals surface area contributed by atoms with E-state index in [9.17, 15) is 4.79 Å². The van der Waals surface area contributed by atoms with Crippen LogP contribution in [0.2, 0.25) is 0 Å². The average Bonchev–Trinajstić information content (AvgIpc) is 2.28. The highest BCUT2D eigenvalue weighted by Gasteiger charge is 2.04. The van der Waals surface area contributed by atoms with Crippen LogP contribution in [0.3, 0.4) is 0 Å². The van der Waals surface area contributed by atoms with Gasteiger partial charge in [0.25, 0.3) is 0 Å². The molecule has 0 amide bonds. The monoisotopic (exact) mass is 274 g/mol. The molecule has 2 aromatic carbocycles. The van der Waals surface area contributed by atoms with Crippen LogP contribution in [0.25, 0.3) is 10.8 Å². The van der Waals surface area contributed by atoms with Gasteiger partial charge in [0.15, 0.2) is 5.78 Å². The molecule has 2 rings (SSSR count). The fourth-order valence-electron chi connectivity index (χ4n) is 1.64. The van der Waals surface area contributed by atoms with Gasteiger partial charge in [0.2, 0.25) is 0 Å². The van der Waals surface area contributed by atoms with Crippen LogP contribution in [-0.2, 0) is 0 Å². The van der Waals surface area contributed by atoms with E-state index in [0.717, 1.165) is 20.8 Å². The summed E-state index contributed by atoms with van der Waals surface area (Å²) in [6.07, 6.45) is 2.02. The predicted molar refractivity (Wildman–Crippen MR) is 70.8 cm³/mol. The minimum atomic E-state index is 0.111. The fourth-order valence-corrected chi connectivity index (χ4v) is 2.02. The lowest BCUT2D eigenvalue weighted by molar-refractivity contribution is 0.0996. The van der Waals surface area contributed by atoms with Crippen molar-refractivity contribution < 1.29 is 4.79 Å². The summed E-state index contributed by atoms with van der Waals surface area (Å²) in [6, 6.07) is 11.8. The molecule has 80 valence electrons. The SMILES string of the molecule is C=CCC(=O)c1ccc2cc(Br)ccc2c1. The zero-order valence-corrected chi connectivity index (χ0v) is 10.3. The van der Waals surface area contributed by atoms with E-state index in [2.05, 4.69) is 22.5 Å². The van der Waals surface area contributed by atoms with Crippen LogP contribution >= 0.6 is 15.9 Å². The highest BCUT2D eigenvalue weighted by Crippen LogP contribution is 2.21. The zero-order chi connectivity index (χ0) is 11.5. The Labute approximate surface area is 103 Å². The van der Waals surface area contributed by atoms with Gasteiger partial charge in [-0.3, -0.25) is 4.79 Å². The number of benzene rings is 2. The predicted octanol–water partition coefficient (Wildman–Crippen LogP) is 4.36. The van der Waals surface area contributed by atoms with Crippen LogP contribution in [0.15, 0.2) is 53.5 Å². The molecule has 0 spiro atoms. The topological polar surface area (TPSA) is 17.1 Å². The number of ketones is 1. The van der Waals surface area contributed by atoms with Crippen LogP contribution in [-0.4, -0.2) is 5.78 Å². The Bertz CT molecular complexity index is 558. The molecule has 0 saturated heterocycles. The molecule has 0 aromatic heterocycles. The normalized spacial score (nSPS) is 10.3. The third-order valence-electron chi connectivity index (χ3n) is 2.45. The first-order valence-corrected chi connectivity index (χ1v) is 5.83. The van der Waals surface area contributed by atoms with E-state index >= 15 is 0 Å². The van der Waals surface area contributed by atoms with Crippen molar-refractivity contribution in [1.29, 1.82) is 0 Å². The Morgan fingerprint density at radius 2 is 1.88 bits per heavy atom. The number of hydrogen-bond donors (Lipinski definition) is 0. The molecule has 0 radical (unpaired) electrons. The van der Waals surface area contributed by atoms with Gasteiger partial charge < -0.3 is 0 Å². The van der Waals surface area contributed by atoms with Gasteiger partial charge >= 0.3 is 0 Å². The molecule has 0 atom stereocenters. The first-order chi connectivity index (χ1) is 7.70. The molecule has 0 aliphatic carbocycles. The summed E-state index contributed by atoms with van der Waals surface area (Å²) in [5.41, 5.74) is 0.745. The number of rotatable bonds is 3. The van der Waals surface area contributed by atoms with Gasteiger partial charge in [-0.05, 0) is 29.0 Å².